The van der Waals surface area contributed by atoms with Gasteiger partial charge in [-0.05, 0) is 24.5 Å². The molecule has 33 heavy (non-hydrogen) atoms. The summed E-state index contributed by atoms with van der Waals surface area (Å²) in [4.78, 5) is 27.5. The van der Waals surface area contributed by atoms with Crippen molar-refractivity contribution in [3.63, 3.8) is 0 Å². The lowest BCUT2D eigenvalue weighted by Crippen LogP contribution is -2.51. The molecule has 1 unspecified atom stereocenters. The Morgan fingerprint density at radius 2 is 1.52 bits per heavy atom. The van der Waals surface area contributed by atoms with E-state index >= 15 is 0 Å². The molecule has 1 N–H and O–H groups in total. The van der Waals surface area contributed by atoms with Crippen LogP contribution < -0.4 is 5.32 Å². The number of nitrogens with one attached hydrogen (secondary N) is 1. The number of hydrogen-bond donors (Lipinski definition) is 1. The van der Waals surface area contributed by atoms with Gasteiger partial charge in [-0.3, -0.25) is 9.59 Å². The van der Waals surface area contributed by atoms with E-state index in [0.29, 0.717) is 19.6 Å². The lowest BCUT2D eigenvalue weighted by atomic mass is 10.1. The van der Waals surface area contributed by atoms with E-state index in [4.69, 9.17) is 4.74 Å². The lowest BCUT2D eigenvalue weighted by Gasteiger charge is -2.31. The fourth-order valence-electron chi connectivity index (χ4n) is 3.26. The van der Waals surface area contributed by atoms with Crippen LogP contribution in [-0.2, 0) is 37.4 Å². The molecular formula is C24H33N3O5S. The zero-order chi connectivity index (χ0) is 24.3. The summed E-state index contributed by atoms with van der Waals surface area (Å²) in [5.41, 5.74) is 1.62. The first-order chi connectivity index (χ1) is 15.7. The van der Waals surface area contributed by atoms with Gasteiger partial charge in [0.2, 0.25) is 21.8 Å². The van der Waals surface area contributed by atoms with Crippen LogP contribution in [-0.4, -0.2) is 68.5 Å². The summed E-state index contributed by atoms with van der Waals surface area (Å²) in [6, 6.07) is 17.6. The van der Waals surface area contributed by atoms with Gasteiger partial charge in [-0.2, -0.15) is 4.31 Å². The van der Waals surface area contributed by atoms with Crippen LogP contribution in [0.15, 0.2) is 60.7 Å². The van der Waals surface area contributed by atoms with E-state index in [9.17, 15) is 18.0 Å². The van der Waals surface area contributed by atoms with Gasteiger partial charge in [0.25, 0.3) is 0 Å². The van der Waals surface area contributed by atoms with E-state index in [1.54, 1.807) is 26.2 Å². The van der Waals surface area contributed by atoms with Crippen molar-refractivity contribution in [1.29, 1.82) is 0 Å². The number of ether oxygens (including phenoxy) is 1. The highest BCUT2D eigenvalue weighted by atomic mass is 32.2. The van der Waals surface area contributed by atoms with Crippen molar-refractivity contribution in [1.82, 2.24) is 14.5 Å². The molecule has 0 fully saturated rings. The monoisotopic (exact) mass is 475 g/mol. The van der Waals surface area contributed by atoms with E-state index in [1.165, 1.54) is 4.90 Å². The molecule has 2 rings (SSSR count). The van der Waals surface area contributed by atoms with Crippen LogP contribution in [0.25, 0.3) is 0 Å². The van der Waals surface area contributed by atoms with Crippen LogP contribution in [0, 0.1) is 0 Å². The molecule has 180 valence electrons. The number of benzene rings is 2. The second-order valence-electron chi connectivity index (χ2n) is 7.84. The Bertz CT molecular complexity index is 984. The Hall–Kier alpha value is -2.75. The Morgan fingerprint density at radius 3 is 2.03 bits per heavy atom. The molecule has 0 saturated carbocycles. The summed E-state index contributed by atoms with van der Waals surface area (Å²) < 4.78 is 31.0. The molecule has 2 amide bonds. The number of methoxy groups -OCH3 is 1. The average Bonchev–Trinajstić information content (AvgIpc) is 2.80. The predicted molar refractivity (Wildman–Crippen MR) is 128 cm³/mol. The normalized spacial score (nSPS) is 12.4. The summed E-state index contributed by atoms with van der Waals surface area (Å²) >= 11 is 0. The van der Waals surface area contributed by atoms with Gasteiger partial charge in [0, 0.05) is 33.4 Å². The Balaban J connectivity index is 2.20. The summed E-state index contributed by atoms with van der Waals surface area (Å²) in [6.07, 6.45) is 1.73. The van der Waals surface area contributed by atoms with Gasteiger partial charge < -0.3 is 15.0 Å². The van der Waals surface area contributed by atoms with Gasteiger partial charge in [-0.1, -0.05) is 60.7 Å². The molecule has 8 nitrogen and oxygen atoms in total. The Labute approximate surface area is 196 Å². The molecular weight excluding hydrogens is 442 g/mol. The minimum Gasteiger partial charge on any atom is -0.385 e. The summed E-state index contributed by atoms with van der Waals surface area (Å²) in [5.74, 6) is -0.746. The summed E-state index contributed by atoms with van der Waals surface area (Å²) in [7, 11) is -2.07. The van der Waals surface area contributed by atoms with Gasteiger partial charge in [0.05, 0.1) is 12.8 Å². The SMILES string of the molecule is COCCCNC(=O)C(C)N(Cc1ccccc1)C(=O)CN(Cc1ccccc1)S(C)(=O)=O. The lowest BCUT2D eigenvalue weighted by molar-refractivity contribution is -0.140. The van der Waals surface area contributed by atoms with Gasteiger partial charge >= 0.3 is 0 Å². The number of nitrogens with zero attached hydrogens (tertiary/aromatic N) is 2. The number of sulfonamides is 1. The number of carbonyl (C=O) groups excluding carboxylic acids is 2. The van der Waals surface area contributed by atoms with Gasteiger partial charge in [-0.25, -0.2) is 8.42 Å². The Morgan fingerprint density at radius 1 is 0.970 bits per heavy atom. The molecule has 0 aromatic heterocycles. The van der Waals surface area contributed by atoms with E-state index in [1.807, 2.05) is 48.5 Å². The van der Waals surface area contributed by atoms with Crippen molar-refractivity contribution in [2.45, 2.75) is 32.5 Å². The van der Waals surface area contributed by atoms with E-state index in [0.717, 1.165) is 21.7 Å². The average molecular weight is 476 g/mol. The molecule has 0 spiro atoms. The predicted octanol–water partition coefficient (Wildman–Crippen LogP) is 2.02. The fourth-order valence-corrected chi connectivity index (χ4v) is 3.99. The van der Waals surface area contributed by atoms with Gasteiger partial charge in [0.1, 0.15) is 6.04 Å². The molecule has 0 radical (unpaired) electrons. The van der Waals surface area contributed by atoms with Crippen LogP contribution in [0.1, 0.15) is 24.5 Å². The third kappa shape index (κ3) is 8.95. The molecule has 0 saturated heterocycles. The summed E-state index contributed by atoms with van der Waals surface area (Å²) in [6.45, 7) is 2.49. The fraction of sp³-hybridized carbons (Fsp3) is 0.417. The zero-order valence-corrected chi connectivity index (χ0v) is 20.3. The molecule has 0 aliphatic rings. The largest absolute Gasteiger partial charge is 0.385 e. The second kappa shape index (κ2) is 13.1. The number of amides is 2. The highest BCUT2D eigenvalue weighted by Gasteiger charge is 2.29. The van der Waals surface area contributed by atoms with Crippen LogP contribution in [0.4, 0.5) is 0 Å². The van der Waals surface area contributed by atoms with Crippen LogP contribution >= 0.6 is 0 Å². The van der Waals surface area contributed by atoms with E-state index in [2.05, 4.69) is 5.32 Å². The molecule has 0 aliphatic carbocycles. The first kappa shape index (κ1) is 26.5. The van der Waals surface area contributed by atoms with Crippen molar-refractivity contribution >= 4 is 21.8 Å². The van der Waals surface area contributed by atoms with Crippen molar-refractivity contribution in [3.8, 4) is 0 Å². The quantitative estimate of drug-likeness (QED) is 0.447. The van der Waals surface area contributed by atoms with Crippen molar-refractivity contribution < 1.29 is 22.7 Å². The molecule has 0 aliphatic heterocycles. The van der Waals surface area contributed by atoms with Gasteiger partial charge in [0.15, 0.2) is 0 Å². The topological polar surface area (TPSA) is 96.0 Å². The van der Waals surface area contributed by atoms with Crippen molar-refractivity contribution in [3.05, 3.63) is 71.8 Å². The minimum absolute atomic E-state index is 0.0716. The number of rotatable bonds is 13. The first-order valence-electron chi connectivity index (χ1n) is 10.8. The number of hydrogen-bond acceptors (Lipinski definition) is 5. The van der Waals surface area contributed by atoms with Crippen LogP contribution in [0.3, 0.4) is 0 Å². The summed E-state index contributed by atoms with van der Waals surface area (Å²) in [5, 5.41) is 2.82. The van der Waals surface area contributed by atoms with Crippen molar-refractivity contribution in [2.75, 3.05) is 33.1 Å². The molecule has 2 aromatic carbocycles. The maximum absolute atomic E-state index is 13.3. The third-order valence-electron chi connectivity index (χ3n) is 5.17. The highest BCUT2D eigenvalue weighted by molar-refractivity contribution is 7.88. The molecule has 0 heterocycles. The molecule has 9 heteroatoms. The molecule has 2 aromatic rings. The molecule has 0 bridgehead atoms. The van der Waals surface area contributed by atoms with E-state index in [-0.39, 0.29) is 25.5 Å². The maximum Gasteiger partial charge on any atom is 0.242 e. The second-order valence-corrected chi connectivity index (χ2v) is 9.82. The smallest absolute Gasteiger partial charge is 0.242 e. The third-order valence-corrected chi connectivity index (χ3v) is 6.37. The van der Waals surface area contributed by atoms with Gasteiger partial charge in [-0.15, -0.1) is 0 Å². The van der Waals surface area contributed by atoms with Crippen LogP contribution in [0.5, 0.6) is 0 Å². The Kier molecular flexibility index (Phi) is 10.5. The first-order valence-corrected chi connectivity index (χ1v) is 12.7. The van der Waals surface area contributed by atoms with Crippen LogP contribution in [0.2, 0.25) is 0 Å². The van der Waals surface area contributed by atoms with Crippen molar-refractivity contribution in [2.24, 2.45) is 0 Å². The van der Waals surface area contributed by atoms with E-state index < -0.39 is 22.0 Å². The maximum atomic E-state index is 13.3. The minimum atomic E-state index is -3.66. The highest BCUT2D eigenvalue weighted by Crippen LogP contribution is 2.13. The number of carbonyl (C=O) groups is 2. The zero-order valence-electron chi connectivity index (χ0n) is 19.4. The molecule has 1 atom stereocenters. The standard InChI is InChI=1S/C24H33N3O5S/c1-20(24(29)25-15-10-16-32-2)27(18-22-13-8-5-9-14-22)23(28)19-26(33(3,30)31)17-21-11-6-4-7-12-21/h4-9,11-14,20H,10,15-19H2,1-3H3,(H,25,29).